The van der Waals surface area contributed by atoms with Crippen LogP contribution in [0.15, 0.2) is 22.7 Å². The van der Waals surface area contributed by atoms with Gasteiger partial charge < -0.3 is 18.9 Å². The van der Waals surface area contributed by atoms with Gasteiger partial charge in [-0.3, -0.25) is 0 Å². The first-order valence-corrected chi connectivity index (χ1v) is 18.5. The largest absolute Gasteiger partial charge is 0.459 e. The predicted octanol–water partition coefficient (Wildman–Crippen LogP) is 7.11. The van der Waals surface area contributed by atoms with E-state index in [9.17, 15) is 34.8 Å². The summed E-state index contributed by atoms with van der Waals surface area (Å²) in [5.74, 6) is -9.23. The van der Waals surface area contributed by atoms with Crippen molar-refractivity contribution in [2.75, 3.05) is 11.5 Å². The van der Waals surface area contributed by atoms with Crippen molar-refractivity contribution in [1.82, 2.24) is 0 Å². The number of hydrogen-bond acceptors (Lipinski definition) is 8. The fourth-order valence-electron chi connectivity index (χ4n) is 9.93. The Labute approximate surface area is 270 Å². The summed E-state index contributed by atoms with van der Waals surface area (Å²) in [5.41, 5.74) is -2.54. The molecule has 6 fully saturated rings. The predicted molar refractivity (Wildman–Crippen MR) is 152 cm³/mol. The van der Waals surface area contributed by atoms with Crippen LogP contribution in [0.5, 0.6) is 0 Å². The number of hydrogen-bond donors (Lipinski definition) is 0. The van der Waals surface area contributed by atoms with E-state index in [2.05, 4.69) is 0 Å². The van der Waals surface area contributed by atoms with Crippen molar-refractivity contribution >= 4 is 9.84 Å². The van der Waals surface area contributed by atoms with Crippen molar-refractivity contribution in [1.29, 1.82) is 0 Å². The number of rotatable bonds is 4. The summed E-state index contributed by atoms with van der Waals surface area (Å²) in [4.78, 5) is 11.6. The molecule has 8 aliphatic rings. The van der Waals surface area contributed by atoms with Gasteiger partial charge in [0.1, 0.15) is 0 Å². The molecule has 0 aromatic carbocycles. The van der Waals surface area contributed by atoms with Crippen LogP contribution in [0.4, 0.5) is 26.3 Å². The van der Waals surface area contributed by atoms with Crippen LogP contribution in [0.2, 0.25) is 0 Å². The van der Waals surface area contributed by atoms with E-state index in [0.717, 1.165) is 0 Å². The molecule has 3 unspecified atom stereocenters. The van der Waals surface area contributed by atoms with Crippen molar-refractivity contribution in [2.45, 2.75) is 121 Å². The van der Waals surface area contributed by atoms with E-state index < -0.39 is 98.1 Å². The van der Waals surface area contributed by atoms with Gasteiger partial charge in [0.05, 0.1) is 17.6 Å². The molecule has 1 spiro atoms. The highest BCUT2D eigenvalue weighted by Gasteiger charge is 2.70. The zero-order chi connectivity index (χ0) is 33.9. The third-order valence-electron chi connectivity index (χ3n) is 12.1. The zero-order valence-corrected chi connectivity index (χ0v) is 27.6. The molecule has 266 valence electrons. The minimum atomic E-state index is -5.10. The summed E-state index contributed by atoms with van der Waals surface area (Å²) in [5, 5.41) is 0. The van der Waals surface area contributed by atoms with Crippen LogP contribution in [0, 0.1) is 41.4 Å². The fourth-order valence-corrected chi connectivity index (χ4v) is 11.7. The zero-order valence-electron chi connectivity index (χ0n) is 26.8. The monoisotopic (exact) mass is 700 g/mol. The summed E-state index contributed by atoms with van der Waals surface area (Å²) in [6.07, 6.45) is -9.56. The highest BCUT2D eigenvalue weighted by Crippen LogP contribution is 2.62. The van der Waals surface area contributed by atoms with Crippen LogP contribution < -0.4 is 0 Å². The summed E-state index contributed by atoms with van der Waals surface area (Å²) >= 11 is 0. The van der Waals surface area contributed by atoms with Gasteiger partial charge in [-0.2, -0.15) is 26.3 Å². The third kappa shape index (κ3) is 5.61. The number of fused-ring (bicyclic) bond motifs is 2. The van der Waals surface area contributed by atoms with Crippen LogP contribution in [0.1, 0.15) is 79.1 Å². The van der Waals surface area contributed by atoms with Crippen LogP contribution in [0.25, 0.3) is 0 Å². The molecular formula is C32H42F6O8S. The van der Waals surface area contributed by atoms with Gasteiger partial charge in [0.2, 0.25) is 29.9 Å². The van der Waals surface area contributed by atoms with E-state index in [4.69, 9.17) is 28.7 Å². The molecule has 12 atom stereocenters. The summed E-state index contributed by atoms with van der Waals surface area (Å²) in [6, 6.07) is 0. The molecule has 2 aliphatic carbocycles. The molecular weight excluding hydrogens is 658 g/mol. The van der Waals surface area contributed by atoms with Crippen molar-refractivity contribution in [3.8, 4) is 0 Å². The second-order valence-corrected chi connectivity index (χ2v) is 17.2. The summed E-state index contributed by atoms with van der Waals surface area (Å²) in [7, 11) is -4.66. The Bertz CT molecular complexity index is 1440. The lowest BCUT2D eigenvalue weighted by atomic mass is 9.59. The highest BCUT2D eigenvalue weighted by molar-refractivity contribution is 7.91. The van der Waals surface area contributed by atoms with E-state index in [1.54, 1.807) is 13.8 Å². The van der Waals surface area contributed by atoms with Crippen LogP contribution in [0.3, 0.4) is 0 Å². The number of halogens is 6. The van der Waals surface area contributed by atoms with Crippen molar-refractivity contribution in [3.05, 3.63) is 22.7 Å². The molecule has 15 heteroatoms. The molecule has 2 saturated carbocycles. The van der Waals surface area contributed by atoms with Gasteiger partial charge >= 0.3 is 12.4 Å². The molecule has 8 nitrogen and oxygen atoms in total. The van der Waals surface area contributed by atoms with E-state index >= 15 is 0 Å². The molecule has 0 aromatic rings. The Balaban J connectivity index is 1.28. The fraction of sp³-hybridized carbons (Fsp3) is 0.875. The first kappa shape index (κ1) is 33.9. The molecule has 8 rings (SSSR count). The summed E-state index contributed by atoms with van der Waals surface area (Å²) in [6.45, 7) is 7.31. The van der Waals surface area contributed by atoms with Crippen molar-refractivity contribution in [3.63, 3.8) is 0 Å². The van der Waals surface area contributed by atoms with Gasteiger partial charge in [0.15, 0.2) is 15.4 Å². The van der Waals surface area contributed by atoms with Crippen molar-refractivity contribution < 1.29 is 63.5 Å². The lowest BCUT2D eigenvalue weighted by Crippen LogP contribution is -2.67. The molecule has 47 heavy (non-hydrogen) atoms. The molecule has 0 radical (unpaired) electrons. The molecule has 0 aromatic heterocycles. The Morgan fingerprint density at radius 1 is 0.787 bits per heavy atom. The Morgan fingerprint density at radius 3 is 2.15 bits per heavy atom. The van der Waals surface area contributed by atoms with E-state index in [1.807, 2.05) is 13.8 Å². The Morgan fingerprint density at radius 2 is 1.45 bits per heavy atom. The van der Waals surface area contributed by atoms with E-state index in [-0.39, 0.29) is 42.6 Å². The number of sulfone groups is 1. The SMILES string of the molecule is C[C@@H]1CC[C@H]2C(CS(=O)(=O)CC3=C(C(F)(F)F)O[C@@H]4O[C@@]5(C)CCC6[C@H](C)CC[C@@H]3[C@]64OO5)=C(C(F)(F)F)O[C@@H]3O[C@@H](C)CCC1C32. The minimum absolute atomic E-state index is 0.0201. The van der Waals surface area contributed by atoms with Crippen LogP contribution in [-0.2, 0) is 38.6 Å². The first-order valence-electron chi connectivity index (χ1n) is 16.7. The topological polar surface area (TPSA) is 89.5 Å². The van der Waals surface area contributed by atoms with Gasteiger partial charge in [-0.15, -0.1) is 0 Å². The molecule has 6 heterocycles. The van der Waals surface area contributed by atoms with Gasteiger partial charge in [-0.05, 0) is 93.6 Å². The van der Waals surface area contributed by atoms with Crippen LogP contribution in [-0.4, -0.2) is 62.3 Å². The molecule has 0 N–H and O–H groups in total. The molecule has 2 bridgehead atoms. The van der Waals surface area contributed by atoms with Crippen LogP contribution >= 0.6 is 0 Å². The number of alkyl halides is 6. The standard InChI is InChI=1S/C32H42F6O8S/c1-15-5-8-19-20(25(31(33,34)35)42-27-24(19)18(15)9-7-17(3)41-27)13-47(39,40)14-21-23-10-6-16(2)22-11-12-29(4)44-28(30(22,23)46-45-29)43-26(21)32(36,37)38/h15-19,22-24,27-28H,5-14H2,1-4H3/t15-,16-,17+,18?,19+,22?,23+,24?,27+,28-,29-,30-/m1/s1. The average molecular weight is 701 g/mol. The van der Waals surface area contributed by atoms with Gasteiger partial charge in [0, 0.05) is 24.2 Å². The third-order valence-corrected chi connectivity index (χ3v) is 13.6. The molecule has 4 saturated heterocycles. The molecule has 0 amide bonds. The van der Waals surface area contributed by atoms with E-state index in [1.165, 1.54) is 0 Å². The van der Waals surface area contributed by atoms with Gasteiger partial charge in [-0.25, -0.2) is 18.2 Å². The first-order chi connectivity index (χ1) is 21.8. The second-order valence-electron chi connectivity index (χ2n) is 15.1. The number of allylic oxidation sites excluding steroid dienone is 2. The maximum absolute atomic E-state index is 14.7. The maximum atomic E-state index is 14.7. The number of ether oxygens (including phenoxy) is 4. The average Bonchev–Trinajstić information content (AvgIpc) is 3.28. The summed E-state index contributed by atoms with van der Waals surface area (Å²) < 4.78 is 139. The quantitative estimate of drug-likeness (QED) is 0.227. The van der Waals surface area contributed by atoms with Gasteiger partial charge in [0.25, 0.3) is 0 Å². The Kier molecular flexibility index (Phi) is 8.10. The lowest BCUT2D eigenvalue weighted by Gasteiger charge is -2.57. The minimum Gasteiger partial charge on any atom is -0.459 e. The van der Waals surface area contributed by atoms with Gasteiger partial charge in [-0.1, -0.05) is 13.8 Å². The normalized spacial score (nSPS) is 45.3. The lowest BCUT2D eigenvalue weighted by molar-refractivity contribution is -0.557. The smallest absolute Gasteiger partial charge is 0.449 e. The van der Waals surface area contributed by atoms with E-state index in [0.29, 0.717) is 38.5 Å². The van der Waals surface area contributed by atoms with Crippen molar-refractivity contribution in [2.24, 2.45) is 41.4 Å². The second kappa shape index (κ2) is 11.2. The Hall–Kier alpha value is -1.55. The highest BCUT2D eigenvalue weighted by atomic mass is 32.2. The molecule has 6 aliphatic heterocycles. The maximum Gasteiger partial charge on any atom is 0.449 e.